The number of nitrogens with one attached hydrogen (secondary N) is 1. The van der Waals surface area contributed by atoms with Gasteiger partial charge in [0.1, 0.15) is 5.75 Å². The van der Waals surface area contributed by atoms with Crippen LogP contribution in [0, 0.1) is 0 Å². The summed E-state index contributed by atoms with van der Waals surface area (Å²) in [5.74, 6) is -0.406. The molecule has 0 spiro atoms. The van der Waals surface area contributed by atoms with Crippen LogP contribution in [0.25, 0.3) is 22.4 Å². The predicted octanol–water partition coefficient (Wildman–Crippen LogP) is 4.03. The van der Waals surface area contributed by atoms with Crippen molar-refractivity contribution in [3.63, 3.8) is 0 Å². The summed E-state index contributed by atoms with van der Waals surface area (Å²) < 4.78 is 10.4. The molecule has 4 rings (SSSR count). The van der Waals surface area contributed by atoms with Crippen LogP contribution in [0.15, 0.2) is 82.0 Å². The highest BCUT2D eigenvalue weighted by Gasteiger charge is 2.11. The van der Waals surface area contributed by atoms with Crippen LogP contribution < -0.4 is 15.7 Å². The van der Waals surface area contributed by atoms with Crippen LogP contribution in [0.4, 0.5) is 5.69 Å². The summed E-state index contributed by atoms with van der Waals surface area (Å²) >= 11 is 0. The second kappa shape index (κ2) is 8.00. The van der Waals surface area contributed by atoms with E-state index in [0.717, 1.165) is 0 Å². The standard InChI is InChI=1S/C23H16N2O5/c1-14(26)29-18-9-5-6-15(13-18)21(27)24-17-8-4-7-16(12-17)22-25-20-11-3-2-10-19(20)23(28)30-22/h2-13H,1H3,(H,24,27). The number of carbonyl (C=O) groups is 2. The Morgan fingerprint density at radius 1 is 0.967 bits per heavy atom. The van der Waals surface area contributed by atoms with Gasteiger partial charge >= 0.3 is 11.6 Å². The highest BCUT2D eigenvalue weighted by atomic mass is 16.5. The maximum Gasteiger partial charge on any atom is 0.347 e. The van der Waals surface area contributed by atoms with Gasteiger partial charge in [0.05, 0.1) is 10.9 Å². The number of carbonyl (C=O) groups excluding carboxylic acids is 2. The van der Waals surface area contributed by atoms with Crippen molar-refractivity contribution in [2.45, 2.75) is 6.92 Å². The molecule has 0 saturated heterocycles. The van der Waals surface area contributed by atoms with Crippen molar-refractivity contribution < 1.29 is 18.7 Å². The second-order valence-electron chi connectivity index (χ2n) is 6.48. The Balaban J connectivity index is 1.61. The third-order valence-electron chi connectivity index (χ3n) is 4.26. The van der Waals surface area contributed by atoms with Crippen LogP contribution in [-0.4, -0.2) is 16.9 Å². The molecule has 0 saturated carbocycles. The van der Waals surface area contributed by atoms with Gasteiger partial charge in [-0.05, 0) is 48.5 Å². The van der Waals surface area contributed by atoms with E-state index in [0.29, 0.717) is 27.7 Å². The summed E-state index contributed by atoms with van der Waals surface area (Å²) in [5.41, 5.74) is 1.42. The van der Waals surface area contributed by atoms with Gasteiger partial charge in [-0.15, -0.1) is 0 Å². The SMILES string of the molecule is CC(=O)Oc1cccc(C(=O)Nc2cccc(-c3nc4ccccc4c(=O)o3)c2)c1. The van der Waals surface area contributed by atoms with Crippen LogP contribution in [0.1, 0.15) is 17.3 Å². The second-order valence-corrected chi connectivity index (χ2v) is 6.48. The molecular weight excluding hydrogens is 384 g/mol. The molecule has 0 fully saturated rings. The van der Waals surface area contributed by atoms with Gasteiger partial charge in [-0.1, -0.05) is 24.3 Å². The number of para-hydroxylation sites is 1. The molecule has 1 aromatic heterocycles. The van der Waals surface area contributed by atoms with Gasteiger partial charge in [0.15, 0.2) is 0 Å². The molecule has 1 N–H and O–H groups in total. The number of hydrogen-bond acceptors (Lipinski definition) is 6. The van der Waals surface area contributed by atoms with E-state index in [-0.39, 0.29) is 17.5 Å². The van der Waals surface area contributed by atoms with Crippen LogP contribution in [0.2, 0.25) is 0 Å². The summed E-state index contributed by atoms with van der Waals surface area (Å²) in [6.45, 7) is 1.29. The molecule has 0 aliphatic rings. The molecule has 30 heavy (non-hydrogen) atoms. The fraction of sp³-hybridized carbons (Fsp3) is 0.0435. The van der Waals surface area contributed by atoms with Crippen molar-refractivity contribution in [3.8, 4) is 17.2 Å². The molecule has 0 aliphatic carbocycles. The van der Waals surface area contributed by atoms with Crippen molar-refractivity contribution in [1.29, 1.82) is 0 Å². The Hall–Kier alpha value is -4.26. The van der Waals surface area contributed by atoms with E-state index < -0.39 is 11.6 Å². The predicted molar refractivity (Wildman–Crippen MR) is 111 cm³/mol. The van der Waals surface area contributed by atoms with Gasteiger partial charge in [0.2, 0.25) is 5.89 Å². The van der Waals surface area contributed by atoms with Gasteiger partial charge in [0, 0.05) is 23.7 Å². The van der Waals surface area contributed by atoms with Crippen molar-refractivity contribution in [2.24, 2.45) is 0 Å². The number of nitrogens with zero attached hydrogens (tertiary/aromatic N) is 1. The number of amides is 1. The topological polar surface area (TPSA) is 98.5 Å². The molecule has 7 heteroatoms. The molecule has 0 bridgehead atoms. The number of esters is 1. The molecule has 0 unspecified atom stereocenters. The Kier molecular flexibility index (Phi) is 5.09. The fourth-order valence-corrected chi connectivity index (χ4v) is 2.94. The minimum absolute atomic E-state index is 0.159. The van der Waals surface area contributed by atoms with E-state index in [1.807, 2.05) is 0 Å². The quantitative estimate of drug-likeness (QED) is 0.410. The van der Waals surface area contributed by atoms with E-state index in [1.165, 1.54) is 13.0 Å². The normalized spacial score (nSPS) is 10.6. The molecule has 1 amide bonds. The van der Waals surface area contributed by atoms with Gasteiger partial charge in [-0.2, -0.15) is 0 Å². The lowest BCUT2D eigenvalue weighted by Gasteiger charge is -2.08. The number of anilines is 1. The summed E-state index contributed by atoms with van der Waals surface area (Å²) in [7, 11) is 0. The highest BCUT2D eigenvalue weighted by molar-refractivity contribution is 6.04. The lowest BCUT2D eigenvalue weighted by molar-refractivity contribution is -0.131. The maximum absolute atomic E-state index is 12.6. The van der Waals surface area contributed by atoms with Crippen LogP contribution >= 0.6 is 0 Å². The van der Waals surface area contributed by atoms with Crippen molar-refractivity contribution in [1.82, 2.24) is 4.98 Å². The molecule has 0 radical (unpaired) electrons. The Morgan fingerprint density at radius 3 is 2.60 bits per heavy atom. The zero-order chi connectivity index (χ0) is 21.1. The smallest absolute Gasteiger partial charge is 0.347 e. The summed E-state index contributed by atoms with van der Waals surface area (Å²) in [6, 6.07) is 20.0. The first kappa shape index (κ1) is 19.1. The molecular formula is C23H16N2O5. The van der Waals surface area contributed by atoms with Crippen LogP contribution in [0.5, 0.6) is 5.75 Å². The number of rotatable bonds is 4. The van der Waals surface area contributed by atoms with Crippen LogP contribution in [0.3, 0.4) is 0 Å². The third-order valence-corrected chi connectivity index (χ3v) is 4.26. The first-order chi connectivity index (χ1) is 14.5. The van der Waals surface area contributed by atoms with Crippen molar-refractivity contribution in [2.75, 3.05) is 5.32 Å². The number of benzene rings is 3. The largest absolute Gasteiger partial charge is 0.427 e. The minimum Gasteiger partial charge on any atom is -0.427 e. The van der Waals surface area contributed by atoms with Gasteiger partial charge in [0.25, 0.3) is 5.91 Å². The number of fused-ring (bicyclic) bond motifs is 1. The molecule has 0 atom stereocenters. The molecule has 4 aromatic rings. The van der Waals surface area contributed by atoms with Gasteiger partial charge < -0.3 is 14.5 Å². The summed E-state index contributed by atoms with van der Waals surface area (Å²) in [5, 5.41) is 3.17. The molecule has 3 aromatic carbocycles. The highest BCUT2D eigenvalue weighted by Crippen LogP contribution is 2.23. The number of aromatic nitrogens is 1. The first-order valence-corrected chi connectivity index (χ1v) is 9.10. The average Bonchev–Trinajstić information content (AvgIpc) is 2.73. The Bertz CT molecular complexity index is 1330. The number of ether oxygens (including phenoxy) is 1. The molecule has 148 valence electrons. The Morgan fingerprint density at radius 2 is 1.77 bits per heavy atom. The van der Waals surface area contributed by atoms with Gasteiger partial charge in [-0.3, -0.25) is 9.59 Å². The third kappa shape index (κ3) is 4.10. The molecule has 1 heterocycles. The lowest BCUT2D eigenvalue weighted by Crippen LogP contribution is -2.12. The zero-order valence-corrected chi connectivity index (χ0v) is 15.9. The van der Waals surface area contributed by atoms with E-state index in [1.54, 1.807) is 66.7 Å². The van der Waals surface area contributed by atoms with E-state index >= 15 is 0 Å². The number of hydrogen-bond donors (Lipinski definition) is 1. The van der Waals surface area contributed by atoms with E-state index in [4.69, 9.17) is 9.15 Å². The lowest BCUT2D eigenvalue weighted by atomic mass is 10.1. The average molecular weight is 400 g/mol. The summed E-state index contributed by atoms with van der Waals surface area (Å²) in [4.78, 5) is 40.3. The monoisotopic (exact) mass is 400 g/mol. The molecule has 0 aliphatic heterocycles. The minimum atomic E-state index is -0.479. The van der Waals surface area contributed by atoms with E-state index in [9.17, 15) is 14.4 Å². The zero-order valence-electron chi connectivity index (χ0n) is 15.9. The van der Waals surface area contributed by atoms with Crippen molar-refractivity contribution in [3.05, 3.63) is 88.8 Å². The Labute approximate surface area is 170 Å². The van der Waals surface area contributed by atoms with Crippen LogP contribution in [-0.2, 0) is 4.79 Å². The summed E-state index contributed by atoms with van der Waals surface area (Å²) in [6.07, 6.45) is 0. The maximum atomic E-state index is 12.6. The van der Waals surface area contributed by atoms with Crippen molar-refractivity contribution >= 4 is 28.5 Å². The molecule has 7 nitrogen and oxygen atoms in total. The van der Waals surface area contributed by atoms with E-state index in [2.05, 4.69) is 10.3 Å². The van der Waals surface area contributed by atoms with Gasteiger partial charge in [-0.25, -0.2) is 9.78 Å². The first-order valence-electron chi connectivity index (χ1n) is 9.10. The fourth-order valence-electron chi connectivity index (χ4n) is 2.94.